The van der Waals surface area contributed by atoms with Crippen LogP contribution in [0.4, 0.5) is 4.39 Å². The molecule has 102 valence electrons. The van der Waals surface area contributed by atoms with Gasteiger partial charge in [0.1, 0.15) is 5.82 Å². The van der Waals surface area contributed by atoms with Gasteiger partial charge in [0, 0.05) is 12.1 Å². The Hall–Kier alpha value is -1.43. The summed E-state index contributed by atoms with van der Waals surface area (Å²) in [6.45, 7) is -0.0656. The van der Waals surface area contributed by atoms with Crippen molar-refractivity contribution in [1.82, 2.24) is 4.72 Å². The van der Waals surface area contributed by atoms with Gasteiger partial charge < -0.3 is 0 Å². The van der Waals surface area contributed by atoms with Gasteiger partial charge in [0.25, 0.3) is 0 Å². The molecule has 0 aliphatic heterocycles. The first-order chi connectivity index (χ1) is 8.59. The second-order valence-electron chi connectivity index (χ2n) is 3.73. The number of hydrogen-bond acceptors (Lipinski definition) is 2. The predicted octanol–water partition coefficient (Wildman–Crippen LogP) is 2.73. The Morgan fingerprint density at radius 2 is 1.53 bits per heavy atom. The molecule has 0 amide bonds. The predicted molar refractivity (Wildman–Crippen MR) is 74.1 cm³/mol. The average molecular weight is 302 g/mol. The molecule has 0 saturated heterocycles. The zero-order valence-corrected chi connectivity index (χ0v) is 11.5. The number of halogens is 2. The number of benzene rings is 2. The third-order valence-corrected chi connectivity index (χ3v) is 3.88. The van der Waals surface area contributed by atoms with Crippen molar-refractivity contribution < 1.29 is 12.8 Å². The van der Waals surface area contributed by atoms with Crippen LogP contribution >= 0.6 is 12.4 Å². The molecule has 19 heavy (non-hydrogen) atoms. The van der Waals surface area contributed by atoms with Gasteiger partial charge in [-0.15, -0.1) is 12.4 Å². The van der Waals surface area contributed by atoms with Gasteiger partial charge in [0.05, 0.1) is 4.90 Å². The van der Waals surface area contributed by atoms with Crippen molar-refractivity contribution >= 4 is 22.4 Å². The molecule has 0 heterocycles. The summed E-state index contributed by atoms with van der Waals surface area (Å²) in [6, 6.07) is 14.0. The van der Waals surface area contributed by atoms with Crippen LogP contribution in [0, 0.1) is 5.82 Å². The van der Waals surface area contributed by atoms with E-state index in [1.807, 2.05) is 0 Å². The highest BCUT2D eigenvalue weighted by molar-refractivity contribution is 7.89. The summed E-state index contributed by atoms with van der Waals surface area (Å²) in [5.41, 5.74) is 0.317. The largest absolute Gasteiger partial charge is 0.240 e. The van der Waals surface area contributed by atoms with Crippen LogP contribution < -0.4 is 4.72 Å². The van der Waals surface area contributed by atoms with E-state index in [2.05, 4.69) is 4.72 Å². The molecule has 0 spiro atoms. The smallest absolute Gasteiger partial charge is 0.207 e. The lowest BCUT2D eigenvalue weighted by molar-refractivity contribution is 0.574. The van der Waals surface area contributed by atoms with Crippen LogP contribution in [0.25, 0.3) is 0 Å². The van der Waals surface area contributed by atoms with E-state index in [1.165, 1.54) is 18.2 Å². The van der Waals surface area contributed by atoms with Gasteiger partial charge in [-0.2, -0.15) is 0 Å². The second kappa shape index (κ2) is 6.65. The minimum absolute atomic E-state index is 0. The van der Waals surface area contributed by atoms with Crippen molar-refractivity contribution in [3.05, 3.63) is 66.0 Å². The van der Waals surface area contributed by atoms with Crippen molar-refractivity contribution in [3.63, 3.8) is 0 Å². The van der Waals surface area contributed by atoms with Crippen molar-refractivity contribution in [2.45, 2.75) is 11.4 Å². The highest BCUT2D eigenvalue weighted by Crippen LogP contribution is 2.10. The average Bonchev–Trinajstić information content (AvgIpc) is 2.39. The van der Waals surface area contributed by atoms with Gasteiger partial charge in [0.2, 0.25) is 10.0 Å². The van der Waals surface area contributed by atoms with Gasteiger partial charge >= 0.3 is 0 Å². The molecule has 0 saturated carbocycles. The Balaban J connectivity index is 0.00000180. The van der Waals surface area contributed by atoms with Crippen LogP contribution in [0.3, 0.4) is 0 Å². The molecule has 3 nitrogen and oxygen atoms in total. The SMILES string of the molecule is Cl.O=S(=O)(NCc1ccccc1F)c1ccccc1. The molecule has 0 atom stereocenters. The molecule has 0 aliphatic rings. The van der Waals surface area contributed by atoms with Crippen LogP contribution in [-0.2, 0) is 16.6 Å². The van der Waals surface area contributed by atoms with Crippen LogP contribution in [0.1, 0.15) is 5.56 Å². The monoisotopic (exact) mass is 301 g/mol. The lowest BCUT2D eigenvalue weighted by Gasteiger charge is -2.07. The van der Waals surface area contributed by atoms with Crippen molar-refractivity contribution in [3.8, 4) is 0 Å². The molecular formula is C13H13ClFNO2S. The Morgan fingerprint density at radius 3 is 2.16 bits per heavy atom. The Morgan fingerprint density at radius 1 is 0.947 bits per heavy atom. The number of sulfonamides is 1. The maximum absolute atomic E-state index is 13.3. The van der Waals surface area contributed by atoms with E-state index in [1.54, 1.807) is 36.4 Å². The summed E-state index contributed by atoms with van der Waals surface area (Å²) in [5, 5.41) is 0. The summed E-state index contributed by atoms with van der Waals surface area (Å²) in [6.07, 6.45) is 0. The number of nitrogens with one attached hydrogen (secondary N) is 1. The highest BCUT2D eigenvalue weighted by Gasteiger charge is 2.13. The van der Waals surface area contributed by atoms with E-state index < -0.39 is 15.8 Å². The van der Waals surface area contributed by atoms with E-state index in [-0.39, 0.29) is 23.8 Å². The third-order valence-electron chi connectivity index (χ3n) is 2.46. The summed E-state index contributed by atoms with van der Waals surface area (Å²) in [7, 11) is -3.59. The Labute approximate surface area is 117 Å². The normalized spacial score (nSPS) is 10.8. The maximum atomic E-state index is 13.3. The van der Waals surface area contributed by atoms with Gasteiger partial charge in [-0.25, -0.2) is 17.5 Å². The number of rotatable bonds is 4. The fourth-order valence-electron chi connectivity index (χ4n) is 1.50. The molecule has 1 N–H and O–H groups in total. The van der Waals surface area contributed by atoms with Crippen molar-refractivity contribution in [2.75, 3.05) is 0 Å². The Bertz CT molecular complexity index is 632. The van der Waals surface area contributed by atoms with Crippen LogP contribution in [-0.4, -0.2) is 8.42 Å². The first-order valence-corrected chi connectivity index (χ1v) is 6.86. The fraction of sp³-hybridized carbons (Fsp3) is 0.0769. The molecule has 0 aromatic heterocycles. The van der Waals surface area contributed by atoms with Crippen molar-refractivity contribution in [1.29, 1.82) is 0 Å². The van der Waals surface area contributed by atoms with Gasteiger partial charge in [0.15, 0.2) is 0 Å². The van der Waals surface area contributed by atoms with E-state index in [9.17, 15) is 12.8 Å². The molecule has 0 aliphatic carbocycles. The second-order valence-corrected chi connectivity index (χ2v) is 5.50. The first-order valence-electron chi connectivity index (χ1n) is 5.38. The topological polar surface area (TPSA) is 46.2 Å². The zero-order valence-electron chi connectivity index (χ0n) is 9.91. The molecule has 0 bridgehead atoms. The molecular weight excluding hydrogens is 289 g/mol. The summed E-state index contributed by atoms with van der Waals surface area (Å²) >= 11 is 0. The Kier molecular flexibility index (Phi) is 5.47. The fourth-order valence-corrected chi connectivity index (χ4v) is 2.53. The van der Waals surface area contributed by atoms with E-state index in [0.717, 1.165) is 0 Å². The quantitative estimate of drug-likeness (QED) is 0.944. The molecule has 2 rings (SSSR count). The summed E-state index contributed by atoms with van der Waals surface area (Å²) < 4.78 is 39.5. The maximum Gasteiger partial charge on any atom is 0.240 e. The number of hydrogen-bond donors (Lipinski definition) is 1. The summed E-state index contributed by atoms with van der Waals surface area (Å²) in [4.78, 5) is 0.168. The standard InChI is InChI=1S/C13H12FNO2S.ClH/c14-13-9-5-4-6-11(13)10-15-18(16,17)12-7-2-1-3-8-12;/h1-9,15H,10H2;1H. The molecule has 6 heteroatoms. The zero-order chi connectivity index (χ0) is 13.0. The van der Waals surface area contributed by atoms with Crippen molar-refractivity contribution in [2.24, 2.45) is 0 Å². The van der Waals surface area contributed by atoms with Crippen LogP contribution in [0.2, 0.25) is 0 Å². The molecule has 0 fully saturated rings. The van der Waals surface area contributed by atoms with E-state index in [0.29, 0.717) is 5.56 Å². The minimum atomic E-state index is -3.59. The molecule has 2 aromatic rings. The third kappa shape index (κ3) is 4.02. The molecule has 2 aromatic carbocycles. The summed E-state index contributed by atoms with van der Waals surface area (Å²) in [5.74, 6) is -0.423. The van der Waals surface area contributed by atoms with Gasteiger partial charge in [-0.3, -0.25) is 0 Å². The lowest BCUT2D eigenvalue weighted by atomic mass is 10.2. The first kappa shape index (κ1) is 15.6. The van der Waals surface area contributed by atoms with Crippen LogP contribution in [0.15, 0.2) is 59.5 Å². The van der Waals surface area contributed by atoms with E-state index in [4.69, 9.17) is 0 Å². The van der Waals surface area contributed by atoms with E-state index >= 15 is 0 Å². The van der Waals surface area contributed by atoms with Crippen LogP contribution in [0.5, 0.6) is 0 Å². The minimum Gasteiger partial charge on any atom is -0.207 e. The highest BCUT2D eigenvalue weighted by atomic mass is 35.5. The van der Waals surface area contributed by atoms with Gasteiger partial charge in [-0.05, 0) is 18.2 Å². The molecule has 0 radical (unpaired) electrons. The molecule has 0 unspecified atom stereocenters. The van der Waals surface area contributed by atoms with Gasteiger partial charge in [-0.1, -0.05) is 36.4 Å². The lowest BCUT2D eigenvalue weighted by Crippen LogP contribution is -2.23.